The van der Waals surface area contributed by atoms with Gasteiger partial charge < -0.3 is 14.5 Å². The Bertz CT molecular complexity index is 1160. The smallest absolute Gasteiger partial charge is 0.339 e. The molecule has 1 saturated carbocycles. The molecule has 3 fully saturated rings. The summed E-state index contributed by atoms with van der Waals surface area (Å²) in [4.78, 5) is 44.2. The highest BCUT2D eigenvalue weighted by Gasteiger charge is 2.57. The zero-order valence-corrected chi connectivity index (χ0v) is 18.8. The SMILES string of the molecule is CN1CCN(c2ccc(C3(C(=O)N4CC[C@@]5(C4)OC(=O)c4ccccc45)CC3)cc2)C(=O)C1. The van der Waals surface area contributed by atoms with E-state index in [0.29, 0.717) is 38.2 Å². The summed E-state index contributed by atoms with van der Waals surface area (Å²) in [6, 6.07) is 15.4. The van der Waals surface area contributed by atoms with Crippen LogP contribution >= 0.6 is 0 Å². The highest BCUT2D eigenvalue weighted by Crippen LogP contribution is 2.52. The molecule has 7 nitrogen and oxygen atoms in total. The molecule has 170 valence electrons. The van der Waals surface area contributed by atoms with Crippen LogP contribution < -0.4 is 4.90 Å². The van der Waals surface area contributed by atoms with Gasteiger partial charge in [-0.1, -0.05) is 30.3 Å². The number of hydrogen-bond donors (Lipinski definition) is 0. The van der Waals surface area contributed by atoms with E-state index in [0.717, 1.165) is 36.2 Å². The maximum Gasteiger partial charge on any atom is 0.339 e. The van der Waals surface area contributed by atoms with E-state index >= 15 is 0 Å². The van der Waals surface area contributed by atoms with Crippen LogP contribution in [0, 0.1) is 0 Å². The average molecular weight is 446 g/mol. The van der Waals surface area contributed by atoms with Gasteiger partial charge in [0.2, 0.25) is 11.8 Å². The Morgan fingerprint density at radius 3 is 2.42 bits per heavy atom. The molecule has 0 N–H and O–H groups in total. The monoisotopic (exact) mass is 445 g/mol. The van der Waals surface area contributed by atoms with Crippen molar-refractivity contribution in [2.45, 2.75) is 30.3 Å². The zero-order valence-electron chi connectivity index (χ0n) is 18.8. The molecular weight excluding hydrogens is 418 g/mol. The number of fused-ring (bicyclic) bond motifs is 2. The summed E-state index contributed by atoms with van der Waals surface area (Å²) in [5.41, 5.74) is 2.18. The van der Waals surface area contributed by atoms with Crippen molar-refractivity contribution in [3.8, 4) is 0 Å². The van der Waals surface area contributed by atoms with Crippen molar-refractivity contribution in [3.05, 3.63) is 65.2 Å². The molecule has 1 spiro atoms. The van der Waals surface area contributed by atoms with Gasteiger partial charge in [0, 0.05) is 37.3 Å². The van der Waals surface area contributed by atoms with E-state index in [1.165, 1.54) is 0 Å². The first-order chi connectivity index (χ1) is 15.9. The van der Waals surface area contributed by atoms with Crippen LogP contribution in [-0.4, -0.2) is 67.4 Å². The number of amides is 2. The molecule has 7 heteroatoms. The first-order valence-electron chi connectivity index (χ1n) is 11.6. The number of esters is 1. The standard InChI is InChI=1S/C26H27N3O4/c1-27-14-15-29(22(30)16-27)19-8-6-18(7-9-19)25(10-11-25)24(32)28-13-12-26(17-28)21-5-3-2-4-20(21)23(31)33-26/h2-9H,10-17H2,1H3/t26-/m0/s1. The van der Waals surface area contributed by atoms with Crippen molar-refractivity contribution in [2.24, 2.45) is 0 Å². The Morgan fingerprint density at radius 2 is 1.70 bits per heavy atom. The van der Waals surface area contributed by atoms with Crippen LogP contribution in [0.25, 0.3) is 0 Å². The quantitative estimate of drug-likeness (QED) is 0.678. The zero-order chi connectivity index (χ0) is 22.8. The third kappa shape index (κ3) is 3.09. The highest BCUT2D eigenvalue weighted by atomic mass is 16.6. The van der Waals surface area contributed by atoms with Gasteiger partial charge in [-0.2, -0.15) is 0 Å². The number of carbonyl (C=O) groups excluding carboxylic acids is 3. The van der Waals surface area contributed by atoms with Crippen LogP contribution in [0.15, 0.2) is 48.5 Å². The van der Waals surface area contributed by atoms with Gasteiger partial charge in [0.15, 0.2) is 5.60 Å². The molecule has 2 aromatic rings. The Hall–Kier alpha value is -3.19. The molecule has 3 aliphatic heterocycles. The number of anilines is 1. The van der Waals surface area contributed by atoms with Crippen LogP contribution in [0.1, 0.15) is 40.7 Å². The third-order valence-electron chi connectivity index (χ3n) is 7.75. The first-order valence-corrected chi connectivity index (χ1v) is 11.6. The van der Waals surface area contributed by atoms with Gasteiger partial charge in [0.1, 0.15) is 0 Å². The number of carbonyl (C=O) groups is 3. The van der Waals surface area contributed by atoms with Gasteiger partial charge in [0.25, 0.3) is 0 Å². The highest BCUT2D eigenvalue weighted by molar-refractivity contribution is 5.97. The summed E-state index contributed by atoms with van der Waals surface area (Å²) in [5, 5.41) is 0. The molecule has 4 aliphatic rings. The van der Waals surface area contributed by atoms with Crippen molar-refractivity contribution < 1.29 is 19.1 Å². The van der Waals surface area contributed by atoms with Crippen molar-refractivity contribution in [3.63, 3.8) is 0 Å². The van der Waals surface area contributed by atoms with E-state index in [1.807, 2.05) is 64.2 Å². The van der Waals surface area contributed by atoms with Crippen molar-refractivity contribution >= 4 is 23.5 Å². The van der Waals surface area contributed by atoms with Crippen LogP contribution in [-0.2, 0) is 25.3 Å². The van der Waals surface area contributed by atoms with Crippen LogP contribution in [0.4, 0.5) is 5.69 Å². The third-order valence-corrected chi connectivity index (χ3v) is 7.75. The first kappa shape index (κ1) is 20.4. The molecule has 2 aromatic carbocycles. The number of rotatable bonds is 3. The lowest BCUT2D eigenvalue weighted by Crippen LogP contribution is -2.48. The molecule has 2 amide bonds. The summed E-state index contributed by atoms with van der Waals surface area (Å²) in [7, 11) is 1.95. The number of benzene rings is 2. The summed E-state index contributed by atoms with van der Waals surface area (Å²) in [6.45, 7) is 2.93. The Balaban J connectivity index is 1.20. The van der Waals surface area contributed by atoms with E-state index in [9.17, 15) is 14.4 Å². The maximum absolute atomic E-state index is 13.7. The normalized spacial score (nSPS) is 26.0. The predicted octanol–water partition coefficient (Wildman–Crippen LogP) is 2.29. The maximum atomic E-state index is 13.7. The molecule has 2 saturated heterocycles. The Kier molecular flexibility index (Phi) is 4.43. The van der Waals surface area contributed by atoms with E-state index in [4.69, 9.17) is 4.74 Å². The lowest BCUT2D eigenvalue weighted by atomic mass is 9.91. The Morgan fingerprint density at radius 1 is 0.939 bits per heavy atom. The topological polar surface area (TPSA) is 70.2 Å². The number of nitrogens with zero attached hydrogens (tertiary/aromatic N) is 3. The molecule has 0 unspecified atom stereocenters. The lowest BCUT2D eigenvalue weighted by Gasteiger charge is -2.32. The molecule has 33 heavy (non-hydrogen) atoms. The minimum atomic E-state index is -0.717. The minimum Gasteiger partial charge on any atom is -0.449 e. The van der Waals surface area contributed by atoms with Crippen molar-refractivity contribution in [1.82, 2.24) is 9.80 Å². The van der Waals surface area contributed by atoms with E-state index in [2.05, 4.69) is 0 Å². The summed E-state index contributed by atoms with van der Waals surface area (Å²) in [5.74, 6) is -0.0826. The largest absolute Gasteiger partial charge is 0.449 e. The average Bonchev–Trinajstić information content (AvgIpc) is 3.45. The molecule has 3 heterocycles. The van der Waals surface area contributed by atoms with Crippen molar-refractivity contribution in [1.29, 1.82) is 0 Å². The predicted molar refractivity (Wildman–Crippen MR) is 122 cm³/mol. The summed E-state index contributed by atoms with van der Waals surface area (Å²) >= 11 is 0. The molecule has 1 aliphatic carbocycles. The second-order valence-electron chi connectivity index (χ2n) is 9.82. The van der Waals surface area contributed by atoms with E-state index < -0.39 is 11.0 Å². The van der Waals surface area contributed by atoms with Crippen LogP contribution in [0.5, 0.6) is 0 Å². The minimum absolute atomic E-state index is 0.0995. The second-order valence-corrected chi connectivity index (χ2v) is 9.82. The molecule has 0 radical (unpaired) electrons. The van der Waals surface area contributed by atoms with E-state index in [-0.39, 0.29) is 17.8 Å². The fourth-order valence-electron chi connectivity index (χ4n) is 5.68. The lowest BCUT2D eigenvalue weighted by molar-refractivity contribution is -0.134. The van der Waals surface area contributed by atoms with Gasteiger partial charge in [-0.15, -0.1) is 0 Å². The molecule has 0 bridgehead atoms. The molecule has 6 rings (SSSR count). The fraction of sp³-hybridized carbons (Fsp3) is 0.423. The van der Waals surface area contributed by atoms with Gasteiger partial charge in [-0.3, -0.25) is 14.5 Å². The second kappa shape index (κ2) is 7.15. The number of ether oxygens (including phenoxy) is 1. The number of piperazine rings is 1. The van der Waals surface area contributed by atoms with Gasteiger partial charge in [0.05, 0.1) is 24.1 Å². The van der Waals surface area contributed by atoms with Crippen molar-refractivity contribution in [2.75, 3.05) is 44.7 Å². The van der Waals surface area contributed by atoms with Gasteiger partial charge in [-0.05, 0) is 43.7 Å². The van der Waals surface area contributed by atoms with Crippen LogP contribution in [0.3, 0.4) is 0 Å². The number of likely N-dealkylation sites (N-methyl/N-ethyl adjacent to an activating group) is 1. The summed E-state index contributed by atoms with van der Waals surface area (Å²) in [6.07, 6.45) is 2.26. The number of hydrogen-bond acceptors (Lipinski definition) is 5. The molecule has 1 atom stereocenters. The summed E-state index contributed by atoms with van der Waals surface area (Å²) < 4.78 is 5.83. The number of likely N-dealkylation sites (tertiary alicyclic amines) is 1. The van der Waals surface area contributed by atoms with Crippen LogP contribution in [0.2, 0.25) is 0 Å². The Labute approximate surface area is 192 Å². The molecule has 0 aromatic heterocycles. The van der Waals surface area contributed by atoms with Gasteiger partial charge >= 0.3 is 5.97 Å². The molecular formula is C26H27N3O4. The van der Waals surface area contributed by atoms with E-state index in [1.54, 1.807) is 6.07 Å². The fourth-order valence-corrected chi connectivity index (χ4v) is 5.68. The van der Waals surface area contributed by atoms with Gasteiger partial charge in [-0.25, -0.2) is 4.79 Å².